The summed E-state index contributed by atoms with van der Waals surface area (Å²) in [7, 11) is 0. The summed E-state index contributed by atoms with van der Waals surface area (Å²) in [5.41, 5.74) is -0.0518. The first-order chi connectivity index (χ1) is 13.0. The molecule has 0 unspecified atom stereocenters. The van der Waals surface area contributed by atoms with Crippen molar-refractivity contribution in [3.8, 4) is 0 Å². The molecule has 0 aromatic heterocycles. The van der Waals surface area contributed by atoms with Gasteiger partial charge in [-0.1, -0.05) is 30.3 Å². The van der Waals surface area contributed by atoms with Gasteiger partial charge in [-0.05, 0) is 39.2 Å². The molecular weight excluding hydrogens is 379 g/mol. The third-order valence-electron chi connectivity index (χ3n) is 3.99. The number of carbonyl (C=O) groups excluding carboxylic acids is 2. The van der Waals surface area contributed by atoms with E-state index < -0.39 is 42.3 Å². The van der Waals surface area contributed by atoms with Crippen molar-refractivity contribution in [1.29, 1.82) is 0 Å². The van der Waals surface area contributed by atoms with Crippen molar-refractivity contribution in [3.05, 3.63) is 35.9 Å². The van der Waals surface area contributed by atoms with Crippen LogP contribution in [0, 0.1) is 0 Å². The zero-order chi connectivity index (χ0) is 20.9. The zero-order valence-corrected chi connectivity index (χ0v) is 16.0. The lowest BCUT2D eigenvalue weighted by atomic mass is 9.99. The fourth-order valence-electron chi connectivity index (χ4n) is 2.79. The van der Waals surface area contributed by atoms with Crippen LogP contribution >= 0.6 is 0 Å². The average Bonchev–Trinajstić information content (AvgIpc) is 2.59. The molecule has 0 aliphatic carbocycles. The van der Waals surface area contributed by atoms with Crippen molar-refractivity contribution >= 4 is 11.9 Å². The van der Waals surface area contributed by atoms with Crippen LogP contribution in [0.4, 0.5) is 13.2 Å². The van der Waals surface area contributed by atoms with Crippen LogP contribution in [0.25, 0.3) is 0 Å². The summed E-state index contributed by atoms with van der Waals surface area (Å²) in [6.45, 7) is 4.50. The summed E-state index contributed by atoms with van der Waals surface area (Å²) in [5.74, 6) is -2.96. The largest absolute Gasteiger partial charge is 0.471 e. The van der Waals surface area contributed by atoms with E-state index in [9.17, 15) is 22.8 Å². The van der Waals surface area contributed by atoms with Gasteiger partial charge in [0.15, 0.2) is 0 Å². The summed E-state index contributed by atoms with van der Waals surface area (Å²) in [4.78, 5) is 34.9. The van der Waals surface area contributed by atoms with Gasteiger partial charge in [0.05, 0.1) is 6.54 Å². The standard InChI is InChI=1S/C19H24F3NO5/c1-18(2,3)27-16(24)15-10-9-14(11-23(15)17(25)19(20,21)22)28-26-12-13-7-5-4-6-8-13/h4-8,14-15H,9-12H2,1-3H3/t14-,15+/m1/s1. The van der Waals surface area contributed by atoms with Gasteiger partial charge in [-0.15, -0.1) is 0 Å². The Balaban J connectivity index is 2.02. The van der Waals surface area contributed by atoms with E-state index in [1.54, 1.807) is 20.8 Å². The fraction of sp³-hybridized carbons (Fsp3) is 0.579. The fourth-order valence-corrected chi connectivity index (χ4v) is 2.79. The number of amides is 1. The minimum Gasteiger partial charge on any atom is -0.458 e. The summed E-state index contributed by atoms with van der Waals surface area (Å²) < 4.78 is 44.2. The highest BCUT2D eigenvalue weighted by Gasteiger charge is 2.49. The molecule has 1 amide bonds. The Morgan fingerprint density at radius 1 is 1.11 bits per heavy atom. The number of carbonyl (C=O) groups is 2. The molecule has 1 aromatic carbocycles. The Bertz CT molecular complexity index is 672. The van der Waals surface area contributed by atoms with Gasteiger partial charge in [0.1, 0.15) is 24.4 Å². The maximum atomic E-state index is 13.0. The molecule has 1 heterocycles. The van der Waals surface area contributed by atoms with Crippen LogP contribution in [0.5, 0.6) is 0 Å². The predicted molar refractivity (Wildman–Crippen MR) is 92.7 cm³/mol. The van der Waals surface area contributed by atoms with Crippen molar-refractivity contribution in [2.45, 2.75) is 64.1 Å². The zero-order valence-electron chi connectivity index (χ0n) is 16.0. The van der Waals surface area contributed by atoms with E-state index in [-0.39, 0.29) is 19.4 Å². The van der Waals surface area contributed by atoms with Gasteiger partial charge in [0.2, 0.25) is 0 Å². The van der Waals surface area contributed by atoms with E-state index in [1.165, 1.54) is 0 Å². The second-order valence-corrected chi connectivity index (χ2v) is 7.55. The molecule has 1 fully saturated rings. The van der Waals surface area contributed by atoms with Crippen LogP contribution in [-0.2, 0) is 30.7 Å². The van der Waals surface area contributed by atoms with Crippen molar-refractivity contribution < 1.29 is 37.3 Å². The molecule has 1 aliphatic rings. The number of benzene rings is 1. The van der Waals surface area contributed by atoms with Gasteiger partial charge >= 0.3 is 18.1 Å². The van der Waals surface area contributed by atoms with Crippen LogP contribution in [0.1, 0.15) is 39.2 Å². The predicted octanol–water partition coefficient (Wildman–Crippen LogP) is 3.40. The normalized spacial score (nSPS) is 20.7. The minimum atomic E-state index is -5.10. The number of nitrogens with zero attached hydrogens (tertiary/aromatic N) is 1. The lowest BCUT2D eigenvalue weighted by Crippen LogP contribution is -2.57. The molecule has 0 N–H and O–H groups in total. The Hall–Kier alpha value is -2.13. The number of piperidine rings is 1. The Labute approximate surface area is 161 Å². The third kappa shape index (κ3) is 6.49. The molecule has 2 atom stereocenters. The summed E-state index contributed by atoms with van der Waals surface area (Å²) in [6, 6.07) is 7.76. The number of alkyl halides is 3. The molecule has 1 saturated heterocycles. The maximum Gasteiger partial charge on any atom is 0.471 e. The molecule has 1 aromatic rings. The van der Waals surface area contributed by atoms with Gasteiger partial charge in [0.25, 0.3) is 0 Å². The van der Waals surface area contributed by atoms with Crippen LogP contribution < -0.4 is 0 Å². The molecule has 0 saturated carbocycles. The SMILES string of the molecule is CC(C)(C)OC(=O)[C@@H]1CC[C@@H](OOCc2ccccc2)CN1C(=O)C(F)(F)F. The monoisotopic (exact) mass is 403 g/mol. The van der Waals surface area contributed by atoms with Crippen LogP contribution in [0.2, 0.25) is 0 Å². The number of likely N-dealkylation sites (tertiary alicyclic amines) is 1. The number of hydrogen-bond donors (Lipinski definition) is 0. The highest BCUT2D eigenvalue weighted by molar-refractivity contribution is 5.88. The van der Waals surface area contributed by atoms with E-state index >= 15 is 0 Å². The average molecular weight is 403 g/mol. The van der Waals surface area contributed by atoms with E-state index in [2.05, 4.69) is 0 Å². The first kappa shape index (κ1) is 22.2. The smallest absolute Gasteiger partial charge is 0.458 e. The van der Waals surface area contributed by atoms with Crippen molar-refractivity contribution in [2.24, 2.45) is 0 Å². The topological polar surface area (TPSA) is 65.1 Å². The van der Waals surface area contributed by atoms with Crippen LogP contribution in [0.15, 0.2) is 30.3 Å². The number of halogens is 3. The van der Waals surface area contributed by atoms with Crippen molar-refractivity contribution in [1.82, 2.24) is 4.90 Å². The first-order valence-corrected chi connectivity index (χ1v) is 8.90. The minimum absolute atomic E-state index is 0.0178. The maximum absolute atomic E-state index is 13.0. The molecule has 0 bridgehead atoms. The third-order valence-corrected chi connectivity index (χ3v) is 3.99. The number of esters is 1. The molecule has 0 radical (unpaired) electrons. The Morgan fingerprint density at radius 3 is 2.32 bits per heavy atom. The van der Waals surface area contributed by atoms with Crippen molar-refractivity contribution in [3.63, 3.8) is 0 Å². The van der Waals surface area contributed by atoms with Gasteiger partial charge in [-0.2, -0.15) is 13.2 Å². The molecular formula is C19H24F3NO5. The highest BCUT2D eigenvalue weighted by Crippen LogP contribution is 2.28. The molecule has 9 heteroatoms. The van der Waals surface area contributed by atoms with E-state index in [4.69, 9.17) is 14.5 Å². The lowest BCUT2D eigenvalue weighted by molar-refractivity contribution is -0.339. The van der Waals surface area contributed by atoms with Gasteiger partial charge in [-0.3, -0.25) is 4.79 Å². The van der Waals surface area contributed by atoms with E-state index in [1.807, 2.05) is 30.3 Å². The summed E-state index contributed by atoms with van der Waals surface area (Å²) in [5, 5.41) is 0. The molecule has 2 rings (SSSR count). The van der Waals surface area contributed by atoms with Crippen LogP contribution in [-0.4, -0.2) is 47.2 Å². The lowest BCUT2D eigenvalue weighted by Gasteiger charge is -2.38. The molecule has 1 aliphatic heterocycles. The van der Waals surface area contributed by atoms with E-state index in [0.717, 1.165) is 5.56 Å². The van der Waals surface area contributed by atoms with Gasteiger partial charge < -0.3 is 9.64 Å². The molecule has 0 spiro atoms. The summed E-state index contributed by atoms with van der Waals surface area (Å²) in [6.07, 6.45) is -5.66. The number of hydrogen-bond acceptors (Lipinski definition) is 5. The highest BCUT2D eigenvalue weighted by atomic mass is 19.4. The van der Waals surface area contributed by atoms with Gasteiger partial charge in [-0.25, -0.2) is 14.6 Å². The second-order valence-electron chi connectivity index (χ2n) is 7.55. The Kier molecular flexibility index (Phi) is 7.06. The molecule has 6 nitrogen and oxygen atoms in total. The second kappa shape index (κ2) is 8.91. The quantitative estimate of drug-likeness (QED) is 0.428. The number of ether oxygens (including phenoxy) is 1. The van der Waals surface area contributed by atoms with Crippen molar-refractivity contribution in [2.75, 3.05) is 6.54 Å². The first-order valence-electron chi connectivity index (χ1n) is 8.90. The number of rotatable bonds is 5. The Morgan fingerprint density at radius 2 is 1.75 bits per heavy atom. The molecule has 28 heavy (non-hydrogen) atoms. The van der Waals surface area contributed by atoms with Gasteiger partial charge in [0, 0.05) is 0 Å². The summed E-state index contributed by atoms with van der Waals surface area (Å²) >= 11 is 0. The van der Waals surface area contributed by atoms with Crippen LogP contribution in [0.3, 0.4) is 0 Å². The molecule has 156 valence electrons. The van der Waals surface area contributed by atoms with E-state index in [0.29, 0.717) is 4.90 Å².